The van der Waals surface area contributed by atoms with Crippen LogP contribution >= 0.6 is 0 Å². The largest absolute Gasteiger partial charge is 0.347 e. The Labute approximate surface area is 180 Å². The van der Waals surface area contributed by atoms with Crippen molar-refractivity contribution in [2.75, 3.05) is 5.32 Å². The standard InChI is InChI=1S/C23H25N5O3/c1-17(29)15-20-12-14-28(23(31)24-20)13-6-5-9-19-10-11-21(27-26-19)25-22(30)16-18-7-3-2-4-8-18/h2-4,7-8,10-12,14H,5-6,9,13,15-16H2,1H3,(H,25,27,30). The summed E-state index contributed by atoms with van der Waals surface area (Å²) in [6.45, 7) is 2.02. The monoisotopic (exact) mass is 419 g/mol. The summed E-state index contributed by atoms with van der Waals surface area (Å²) in [5.41, 5.74) is 1.92. The van der Waals surface area contributed by atoms with Crippen LogP contribution in [0, 0.1) is 0 Å². The molecule has 0 radical (unpaired) electrons. The summed E-state index contributed by atoms with van der Waals surface area (Å²) in [6.07, 6.45) is 4.47. The van der Waals surface area contributed by atoms with E-state index in [1.165, 1.54) is 6.92 Å². The number of hydrogen-bond donors (Lipinski definition) is 1. The van der Waals surface area contributed by atoms with Crippen molar-refractivity contribution in [2.24, 2.45) is 0 Å². The summed E-state index contributed by atoms with van der Waals surface area (Å²) in [6, 6.07) is 14.8. The van der Waals surface area contributed by atoms with Crippen LogP contribution in [0.15, 0.2) is 59.5 Å². The number of nitrogens with one attached hydrogen (secondary N) is 1. The van der Waals surface area contributed by atoms with Gasteiger partial charge in [0.25, 0.3) is 0 Å². The lowest BCUT2D eigenvalue weighted by molar-refractivity contribution is -0.117. The maximum absolute atomic E-state index is 12.1. The first kappa shape index (κ1) is 22.0. The smallest absolute Gasteiger partial charge is 0.309 e. The van der Waals surface area contributed by atoms with E-state index < -0.39 is 0 Å². The minimum absolute atomic E-state index is 0.0208. The second kappa shape index (κ2) is 10.9. The first-order chi connectivity index (χ1) is 15.0. The number of carbonyl (C=O) groups excluding carboxylic acids is 2. The predicted molar refractivity (Wildman–Crippen MR) is 117 cm³/mol. The summed E-state index contributed by atoms with van der Waals surface area (Å²) < 4.78 is 1.54. The van der Waals surface area contributed by atoms with Crippen LogP contribution in [0.1, 0.15) is 36.7 Å². The number of Topliss-reactive ketones (excluding diaryl/α,β-unsaturated/α-hetero) is 1. The zero-order valence-corrected chi connectivity index (χ0v) is 17.5. The molecule has 1 N–H and O–H groups in total. The van der Waals surface area contributed by atoms with Crippen LogP contribution in [-0.2, 0) is 35.4 Å². The lowest BCUT2D eigenvalue weighted by Gasteiger charge is -2.07. The van der Waals surface area contributed by atoms with E-state index in [1.807, 2.05) is 36.4 Å². The molecule has 160 valence electrons. The van der Waals surface area contributed by atoms with E-state index in [2.05, 4.69) is 20.5 Å². The summed E-state index contributed by atoms with van der Waals surface area (Å²) >= 11 is 0. The molecule has 1 amide bonds. The molecule has 0 unspecified atom stereocenters. The topological polar surface area (TPSA) is 107 Å². The third-order valence-corrected chi connectivity index (χ3v) is 4.64. The van der Waals surface area contributed by atoms with E-state index in [0.717, 1.165) is 30.5 Å². The molecule has 0 spiro atoms. The average molecular weight is 419 g/mol. The van der Waals surface area contributed by atoms with E-state index in [4.69, 9.17) is 0 Å². The lowest BCUT2D eigenvalue weighted by atomic mass is 10.1. The third-order valence-electron chi connectivity index (χ3n) is 4.64. The highest BCUT2D eigenvalue weighted by molar-refractivity contribution is 5.91. The SMILES string of the molecule is CC(=O)Cc1ccn(CCCCc2ccc(NC(=O)Cc3ccccc3)nn2)c(=O)n1. The Balaban J connectivity index is 1.42. The summed E-state index contributed by atoms with van der Waals surface area (Å²) in [5, 5.41) is 11.0. The normalized spacial score (nSPS) is 10.6. The fourth-order valence-corrected chi connectivity index (χ4v) is 3.10. The van der Waals surface area contributed by atoms with Gasteiger partial charge in [0.1, 0.15) is 5.78 Å². The van der Waals surface area contributed by atoms with E-state index in [9.17, 15) is 14.4 Å². The highest BCUT2D eigenvalue weighted by Crippen LogP contribution is 2.07. The number of unbranched alkanes of at least 4 members (excludes halogenated alkanes) is 1. The van der Waals surface area contributed by atoms with Gasteiger partial charge in [-0.25, -0.2) is 4.79 Å². The number of nitrogens with zero attached hydrogens (tertiary/aromatic N) is 4. The van der Waals surface area contributed by atoms with Gasteiger partial charge < -0.3 is 5.32 Å². The van der Waals surface area contributed by atoms with Crippen LogP contribution < -0.4 is 11.0 Å². The Morgan fingerprint density at radius 2 is 1.74 bits per heavy atom. The number of rotatable bonds is 10. The van der Waals surface area contributed by atoms with Crippen molar-refractivity contribution >= 4 is 17.5 Å². The number of carbonyl (C=O) groups is 2. The average Bonchev–Trinajstić information content (AvgIpc) is 2.74. The molecular weight excluding hydrogens is 394 g/mol. The number of aryl methyl sites for hydroxylation is 2. The maximum atomic E-state index is 12.1. The van der Waals surface area contributed by atoms with Gasteiger partial charge in [-0.2, -0.15) is 10.1 Å². The molecule has 8 heteroatoms. The molecule has 3 aromatic rings. The van der Waals surface area contributed by atoms with Gasteiger partial charge in [-0.1, -0.05) is 30.3 Å². The maximum Gasteiger partial charge on any atom is 0.347 e. The van der Waals surface area contributed by atoms with Crippen molar-refractivity contribution in [3.05, 3.63) is 82.2 Å². The predicted octanol–water partition coefficient (Wildman–Crippen LogP) is 2.37. The molecule has 0 bridgehead atoms. The number of amides is 1. The Morgan fingerprint density at radius 1 is 0.935 bits per heavy atom. The summed E-state index contributed by atoms with van der Waals surface area (Å²) in [5.74, 6) is 0.266. The van der Waals surface area contributed by atoms with E-state index in [1.54, 1.807) is 22.9 Å². The molecular formula is C23H25N5O3. The van der Waals surface area contributed by atoms with E-state index >= 15 is 0 Å². The highest BCUT2D eigenvalue weighted by Gasteiger charge is 2.06. The highest BCUT2D eigenvalue weighted by atomic mass is 16.2. The van der Waals surface area contributed by atoms with Crippen molar-refractivity contribution in [3.8, 4) is 0 Å². The van der Waals surface area contributed by atoms with Gasteiger partial charge in [0.05, 0.1) is 17.8 Å². The second-order valence-corrected chi connectivity index (χ2v) is 7.35. The van der Waals surface area contributed by atoms with Gasteiger partial charge in [-0.15, -0.1) is 5.10 Å². The quantitative estimate of drug-likeness (QED) is 0.506. The van der Waals surface area contributed by atoms with Gasteiger partial charge in [0.2, 0.25) is 5.91 Å². The third kappa shape index (κ3) is 7.26. The van der Waals surface area contributed by atoms with Crippen molar-refractivity contribution < 1.29 is 9.59 Å². The molecule has 0 saturated heterocycles. The number of anilines is 1. The molecule has 0 atom stereocenters. The van der Waals surface area contributed by atoms with Crippen molar-refractivity contribution in [3.63, 3.8) is 0 Å². The molecule has 0 saturated carbocycles. The van der Waals surface area contributed by atoms with Gasteiger partial charge >= 0.3 is 5.69 Å². The molecule has 1 aromatic carbocycles. The van der Waals surface area contributed by atoms with Crippen LogP contribution in [0.25, 0.3) is 0 Å². The van der Waals surface area contributed by atoms with Crippen LogP contribution in [0.5, 0.6) is 0 Å². The fraction of sp³-hybridized carbons (Fsp3) is 0.304. The first-order valence-electron chi connectivity index (χ1n) is 10.2. The summed E-state index contributed by atoms with van der Waals surface area (Å²) in [4.78, 5) is 39.2. The zero-order valence-electron chi connectivity index (χ0n) is 17.5. The Hall–Kier alpha value is -3.68. The zero-order chi connectivity index (χ0) is 22.1. The van der Waals surface area contributed by atoms with Crippen molar-refractivity contribution in [1.29, 1.82) is 0 Å². The Kier molecular flexibility index (Phi) is 7.75. The van der Waals surface area contributed by atoms with Crippen LogP contribution in [0.2, 0.25) is 0 Å². The summed E-state index contributed by atoms with van der Waals surface area (Å²) in [7, 11) is 0. The minimum atomic E-state index is -0.339. The lowest BCUT2D eigenvalue weighted by Crippen LogP contribution is -2.24. The van der Waals surface area contributed by atoms with Gasteiger partial charge in [0, 0.05) is 19.2 Å². The van der Waals surface area contributed by atoms with Crippen molar-refractivity contribution in [2.45, 2.75) is 45.6 Å². The fourth-order valence-electron chi connectivity index (χ4n) is 3.10. The number of hydrogen-bond acceptors (Lipinski definition) is 6. The molecule has 3 rings (SSSR count). The van der Waals surface area contributed by atoms with Crippen LogP contribution in [0.3, 0.4) is 0 Å². The number of ketones is 1. The second-order valence-electron chi connectivity index (χ2n) is 7.35. The number of benzene rings is 1. The molecule has 2 aromatic heterocycles. The molecule has 2 heterocycles. The minimum Gasteiger partial charge on any atom is -0.309 e. The molecule has 0 fully saturated rings. The van der Waals surface area contributed by atoms with Crippen LogP contribution in [-0.4, -0.2) is 31.4 Å². The number of aromatic nitrogens is 4. The molecule has 0 aliphatic heterocycles. The van der Waals surface area contributed by atoms with E-state index in [-0.39, 0.29) is 30.2 Å². The molecule has 0 aliphatic carbocycles. The Bertz CT molecular complexity index is 1080. The molecule has 0 aliphatic rings. The van der Waals surface area contributed by atoms with Crippen molar-refractivity contribution in [1.82, 2.24) is 19.7 Å². The molecule has 31 heavy (non-hydrogen) atoms. The van der Waals surface area contributed by atoms with E-state index in [0.29, 0.717) is 18.1 Å². The Morgan fingerprint density at radius 3 is 2.42 bits per heavy atom. The van der Waals surface area contributed by atoms with Gasteiger partial charge in [-0.05, 0) is 49.9 Å². The van der Waals surface area contributed by atoms with Gasteiger partial charge in [0.15, 0.2) is 5.82 Å². The first-order valence-corrected chi connectivity index (χ1v) is 10.2. The van der Waals surface area contributed by atoms with Crippen LogP contribution in [0.4, 0.5) is 5.82 Å². The molecule has 8 nitrogen and oxygen atoms in total. The van der Waals surface area contributed by atoms with Gasteiger partial charge in [-0.3, -0.25) is 14.2 Å².